The Hall–Kier alpha value is -3.27. The predicted molar refractivity (Wildman–Crippen MR) is 106 cm³/mol. The van der Waals surface area contributed by atoms with Crippen LogP contribution in [0.4, 0.5) is 10.1 Å². The largest absolute Gasteiger partial charge is 0.356 e. The number of hydrogen-bond donors (Lipinski definition) is 1. The summed E-state index contributed by atoms with van der Waals surface area (Å²) < 4.78 is 20.8. The fraction of sp³-hybridized carbons (Fsp3) is 0.400. The summed E-state index contributed by atoms with van der Waals surface area (Å²) in [6.07, 6.45) is -1.10. The number of carbonyl (C=O) groups is 3. The number of anilines is 1. The molecule has 1 saturated heterocycles. The zero-order chi connectivity index (χ0) is 22.2. The SMILES string of the molecule is Cc1c(NC(=O)C2OCC(=O)N(C)C2c2cccc(F)c2)c(C(=O)N(C)C)nn1C. The van der Waals surface area contributed by atoms with Crippen LogP contribution in [-0.2, 0) is 21.4 Å². The minimum Gasteiger partial charge on any atom is -0.356 e. The van der Waals surface area contributed by atoms with Crippen molar-refractivity contribution in [2.45, 2.75) is 19.1 Å². The third-order valence-corrected chi connectivity index (χ3v) is 5.12. The zero-order valence-electron chi connectivity index (χ0n) is 17.5. The number of rotatable bonds is 4. The molecule has 1 aliphatic rings. The van der Waals surface area contributed by atoms with Crippen molar-refractivity contribution in [2.24, 2.45) is 7.05 Å². The second kappa shape index (κ2) is 8.23. The van der Waals surface area contributed by atoms with E-state index in [2.05, 4.69) is 10.4 Å². The molecule has 1 aromatic heterocycles. The van der Waals surface area contributed by atoms with Gasteiger partial charge in [0, 0.05) is 28.2 Å². The fourth-order valence-corrected chi connectivity index (χ4v) is 3.33. The summed E-state index contributed by atoms with van der Waals surface area (Å²) in [6.45, 7) is 1.44. The van der Waals surface area contributed by atoms with E-state index < -0.39 is 23.9 Å². The molecule has 2 aromatic rings. The molecule has 0 radical (unpaired) electrons. The Bertz CT molecular complexity index is 1000. The van der Waals surface area contributed by atoms with Gasteiger partial charge in [0.1, 0.15) is 12.4 Å². The molecule has 2 heterocycles. The van der Waals surface area contributed by atoms with Crippen molar-refractivity contribution in [1.82, 2.24) is 19.6 Å². The molecule has 1 aliphatic heterocycles. The van der Waals surface area contributed by atoms with Crippen LogP contribution in [0.3, 0.4) is 0 Å². The van der Waals surface area contributed by atoms with Gasteiger partial charge >= 0.3 is 0 Å². The van der Waals surface area contributed by atoms with Gasteiger partial charge in [-0.3, -0.25) is 19.1 Å². The Morgan fingerprint density at radius 2 is 2.00 bits per heavy atom. The maximum Gasteiger partial charge on any atom is 0.276 e. The van der Waals surface area contributed by atoms with E-state index in [1.54, 1.807) is 34.1 Å². The highest BCUT2D eigenvalue weighted by Crippen LogP contribution is 2.31. The Kier molecular flexibility index (Phi) is 5.88. The highest BCUT2D eigenvalue weighted by molar-refractivity contribution is 6.04. The van der Waals surface area contributed by atoms with E-state index in [4.69, 9.17) is 4.74 Å². The van der Waals surface area contributed by atoms with Crippen molar-refractivity contribution in [2.75, 3.05) is 33.1 Å². The molecular formula is C20H24FN5O4. The summed E-state index contributed by atoms with van der Waals surface area (Å²) in [5.41, 5.74) is 1.37. The lowest BCUT2D eigenvalue weighted by Gasteiger charge is -2.38. The molecule has 0 bridgehead atoms. The Morgan fingerprint density at radius 1 is 1.30 bits per heavy atom. The normalized spacial score (nSPS) is 19.0. The molecule has 0 saturated carbocycles. The molecule has 160 valence electrons. The minimum absolute atomic E-state index is 0.0934. The highest BCUT2D eigenvalue weighted by atomic mass is 19.1. The first-order chi connectivity index (χ1) is 14.1. The lowest BCUT2D eigenvalue weighted by molar-refractivity contribution is -0.160. The van der Waals surface area contributed by atoms with E-state index in [0.717, 1.165) is 0 Å². The summed E-state index contributed by atoms with van der Waals surface area (Å²) in [6, 6.07) is 4.85. The highest BCUT2D eigenvalue weighted by Gasteiger charge is 2.41. The van der Waals surface area contributed by atoms with E-state index in [9.17, 15) is 18.8 Å². The van der Waals surface area contributed by atoms with Crippen LogP contribution in [0.1, 0.15) is 27.8 Å². The van der Waals surface area contributed by atoms with Gasteiger partial charge in [0.05, 0.1) is 17.4 Å². The lowest BCUT2D eigenvalue weighted by Crippen LogP contribution is -2.51. The number of carbonyl (C=O) groups excluding carboxylic acids is 3. The smallest absolute Gasteiger partial charge is 0.276 e. The average molecular weight is 417 g/mol. The van der Waals surface area contributed by atoms with Gasteiger partial charge in [-0.05, 0) is 24.6 Å². The molecule has 9 nitrogen and oxygen atoms in total. The first kappa shape index (κ1) is 21.4. The van der Waals surface area contributed by atoms with Gasteiger partial charge in [-0.15, -0.1) is 0 Å². The second-order valence-electron chi connectivity index (χ2n) is 7.36. The maximum absolute atomic E-state index is 13.8. The van der Waals surface area contributed by atoms with Crippen LogP contribution in [0, 0.1) is 12.7 Å². The van der Waals surface area contributed by atoms with Crippen LogP contribution >= 0.6 is 0 Å². The van der Waals surface area contributed by atoms with E-state index in [1.165, 1.54) is 39.7 Å². The average Bonchev–Trinajstić information content (AvgIpc) is 2.97. The van der Waals surface area contributed by atoms with Crippen LogP contribution < -0.4 is 5.32 Å². The number of nitrogens with one attached hydrogen (secondary N) is 1. The molecule has 1 aromatic carbocycles. The molecule has 1 fully saturated rings. The van der Waals surface area contributed by atoms with Crippen LogP contribution in [-0.4, -0.2) is 71.2 Å². The third-order valence-electron chi connectivity index (χ3n) is 5.12. The summed E-state index contributed by atoms with van der Waals surface area (Å²) in [4.78, 5) is 40.5. The number of nitrogens with zero attached hydrogens (tertiary/aromatic N) is 4. The number of amides is 3. The van der Waals surface area contributed by atoms with Crippen molar-refractivity contribution >= 4 is 23.4 Å². The molecule has 0 aliphatic carbocycles. The van der Waals surface area contributed by atoms with Gasteiger partial charge < -0.3 is 19.9 Å². The standard InChI is InChI=1S/C20H24FN5O4/c1-11-15(16(23-26(11)5)20(29)24(2)3)22-19(28)18-17(25(4)14(27)10-30-18)12-7-6-8-13(21)9-12/h6-9,17-18H,10H2,1-5H3,(H,22,28). The minimum atomic E-state index is -1.10. The van der Waals surface area contributed by atoms with Gasteiger partial charge in [-0.25, -0.2) is 4.39 Å². The number of aromatic nitrogens is 2. The van der Waals surface area contributed by atoms with Crippen molar-refractivity contribution in [1.29, 1.82) is 0 Å². The number of ether oxygens (including phenoxy) is 1. The fourth-order valence-electron chi connectivity index (χ4n) is 3.33. The van der Waals surface area contributed by atoms with Gasteiger partial charge in [0.25, 0.3) is 11.8 Å². The third kappa shape index (κ3) is 3.90. The van der Waals surface area contributed by atoms with Crippen molar-refractivity contribution < 1.29 is 23.5 Å². The van der Waals surface area contributed by atoms with Gasteiger partial charge in [-0.2, -0.15) is 5.10 Å². The Labute approximate surface area is 173 Å². The second-order valence-corrected chi connectivity index (χ2v) is 7.36. The summed E-state index contributed by atoms with van der Waals surface area (Å²) in [5, 5.41) is 6.93. The Morgan fingerprint density at radius 3 is 2.63 bits per heavy atom. The molecule has 10 heteroatoms. The lowest BCUT2D eigenvalue weighted by atomic mass is 9.97. The number of hydrogen-bond acceptors (Lipinski definition) is 5. The van der Waals surface area contributed by atoms with Gasteiger partial charge in [0.2, 0.25) is 5.91 Å². The number of morpholine rings is 1. The topological polar surface area (TPSA) is 96.8 Å². The molecule has 30 heavy (non-hydrogen) atoms. The number of likely N-dealkylation sites (N-methyl/N-ethyl adjacent to an activating group) is 1. The molecule has 3 amide bonds. The van der Waals surface area contributed by atoms with E-state index in [1.807, 2.05) is 0 Å². The van der Waals surface area contributed by atoms with Crippen molar-refractivity contribution in [3.63, 3.8) is 0 Å². The van der Waals surface area contributed by atoms with Crippen LogP contribution in [0.15, 0.2) is 24.3 Å². The summed E-state index contributed by atoms with van der Waals surface area (Å²) >= 11 is 0. The van der Waals surface area contributed by atoms with Crippen LogP contribution in [0.2, 0.25) is 0 Å². The van der Waals surface area contributed by atoms with E-state index >= 15 is 0 Å². The quantitative estimate of drug-likeness (QED) is 0.804. The number of aryl methyl sites for hydroxylation is 1. The van der Waals surface area contributed by atoms with Crippen LogP contribution in [0.25, 0.3) is 0 Å². The van der Waals surface area contributed by atoms with Crippen molar-refractivity contribution in [3.8, 4) is 0 Å². The first-order valence-electron chi connectivity index (χ1n) is 9.30. The van der Waals surface area contributed by atoms with E-state index in [-0.39, 0.29) is 29.8 Å². The zero-order valence-corrected chi connectivity index (χ0v) is 17.5. The van der Waals surface area contributed by atoms with E-state index in [0.29, 0.717) is 11.3 Å². The van der Waals surface area contributed by atoms with Gasteiger partial charge in [-0.1, -0.05) is 12.1 Å². The Balaban J connectivity index is 1.96. The van der Waals surface area contributed by atoms with Gasteiger partial charge in [0.15, 0.2) is 11.8 Å². The number of halogens is 1. The monoisotopic (exact) mass is 417 g/mol. The molecule has 0 spiro atoms. The molecule has 3 rings (SSSR count). The van der Waals surface area contributed by atoms with Crippen molar-refractivity contribution in [3.05, 3.63) is 47.0 Å². The number of benzene rings is 1. The molecule has 2 unspecified atom stereocenters. The molecular weight excluding hydrogens is 393 g/mol. The maximum atomic E-state index is 13.8. The van der Waals surface area contributed by atoms with Crippen LogP contribution in [0.5, 0.6) is 0 Å². The predicted octanol–water partition coefficient (Wildman–Crippen LogP) is 1.11. The molecule has 1 N–H and O–H groups in total. The molecule has 2 atom stereocenters. The summed E-state index contributed by atoms with van der Waals surface area (Å²) in [5.74, 6) is -1.74. The summed E-state index contributed by atoms with van der Waals surface area (Å²) in [7, 11) is 6.37. The first-order valence-corrected chi connectivity index (χ1v) is 9.30.